The van der Waals surface area contributed by atoms with Gasteiger partial charge in [-0.2, -0.15) is 0 Å². The van der Waals surface area contributed by atoms with Gasteiger partial charge >= 0.3 is 0 Å². The Balaban J connectivity index is 1.57. The van der Waals surface area contributed by atoms with E-state index in [-0.39, 0.29) is 17.2 Å². The summed E-state index contributed by atoms with van der Waals surface area (Å²) in [5.74, 6) is -0.369. The molecule has 2 aromatic rings. The molecule has 0 saturated heterocycles. The summed E-state index contributed by atoms with van der Waals surface area (Å²) in [5.41, 5.74) is 2.91. The van der Waals surface area contributed by atoms with Gasteiger partial charge in [0, 0.05) is 17.5 Å². The Hall–Kier alpha value is -2.62. The Morgan fingerprint density at radius 1 is 1.08 bits per heavy atom. The summed E-state index contributed by atoms with van der Waals surface area (Å²) >= 11 is 0. The summed E-state index contributed by atoms with van der Waals surface area (Å²) in [6, 6.07) is 17.1. The fourth-order valence-electron chi connectivity index (χ4n) is 3.50. The average Bonchev–Trinajstić information content (AvgIpc) is 2.61. The fourth-order valence-corrected chi connectivity index (χ4v) is 3.50. The first-order valence-electron chi connectivity index (χ1n) is 9.21. The van der Waals surface area contributed by atoms with Gasteiger partial charge in [0.2, 0.25) is 5.91 Å². The van der Waals surface area contributed by atoms with E-state index in [9.17, 15) is 9.59 Å². The van der Waals surface area contributed by atoms with Gasteiger partial charge in [0.25, 0.3) is 5.91 Å². The molecular weight excluding hydrogens is 324 g/mol. The number of aryl methyl sites for hydroxylation is 1. The summed E-state index contributed by atoms with van der Waals surface area (Å²) in [4.78, 5) is 24.8. The first kappa shape index (κ1) is 18.2. The zero-order valence-electron chi connectivity index (χ0n) is 15.4. The highest BCUT2D eigenvalue weighted by molar-refractivity contribution is 5.97. The minimum atomic E-state index is -0.573. The number of rotatable bonds is 6. The maximum Gasteiger partial charge on any atom is 0.251 e. The van der Waals surface area contributed by atoms with Crippen LogP contribution in [0.1, 0.15) is 47.7 Å². The second kappa shape index (κ2) is 7.73. The molecule has 26 heavy (non-hydrogen) atoms. The zero-order chi connectivity index (χ0) is 18.6. The van der Waals surface area contributed by atoms with Crippen LogP contribution in [-0.2, 0) is 10.2 Å². The van der Waals surface area contributed by atoms with Gasteiger partial charge in [0.1, 0.15) is 6.04 Å². The van der Waals surface area contributed by atoms with Crippen LogP contribution in [0.25, 0.3) is 0 Å². The van der Waals surface area contributed by atoms with Crippen LogP contribution in [-0.4, -0.2) is 24.4 Å². The van der Waals surface area contributed by atoms with E-state index in [2.05, 4.69) is 22.8 Å². The van der Waals surface area contributed by atoms with E-state index in [0.29, 0.717) is 12.1 Å². The number of amides is 2. The molecule has 0 aliphatic heterocycles. The van der Waals surface area contributed by atoms with Gasteiger partial charge in [-0.1, -0.05) is 54.4 Å². The predicted molar refractivity (Wildman–Crippen MR) is 103 cm³/mol. The molecule has 2 amide bonds. The molecule has 2 N–H and O–H groups in total. The lowest BCUT2D eigenvalue weighted by Gasteiger charge is -2.42. The quantitative estimate of drug-likeness (QED) is 0.839. The fraction of sp³-hybridized carbons (Fsp3) is 0.364. The number of nitrogens with one attached hydrogen (secondary N) is 2. The van der Waals surface area contributed by atoms with Gasteiger partial charge in [0.15, 0.2) is 0 Å². The minimum absolute atomic E-state index is 0.0389. The first-order valence-corrected chi connectivity index (χ1v) is 9.21. The van der Waals surface area contributed by atoms with E-state index < -0.39 is 6.04 Å². The molecule has 2 aromatic carbocycles. The molecule has 1 aliphatic carbocycles. The smallest absolute Gasteiger partial charge is 0.251 e. The number of carbonyl (C=O) groups excluding carboxylic acids is 2. The molecule has 0 heterocycles. The van der Waals surface area contributed by atoms with Crippen LogP contribution in [0.4, 0.5) is 0 Å². The highest BCUT2D eigenvalue weighted by atomic mass is 16.2. The van der Waals surface area contributed by atoms with E-state index in [1.807, 2.05) is 43.3 Å². The predicted octanol–water partition coefficient (Wildman–Crippen LogP) is 3.35. The molecule has 3 rings (SSSR count). The zero-order valence-corrected chi connectivity index (χ0v) is 15.4. The Kier molecular flexibility index (Phi) is 5.40. The summed E-state index contributed by atoms with van der Waals surface area (Å²) in [6.07, 6.45) is 3.35. The van der Waals surface area contributed by atoms with Crippen molar-refractivity contribution < 1.29 is 9.59 Å². The third-order valence-electron chi connectivity index (χ3n) is 5.32. The lowest BCUT2D eigenvalue weighted by atomic mass is 9.64. The van der Waals surface area contributed by atoms with E-state index >= 15 is 0 Å². The molecule has 1 saturated carbocycles. The maximum absolute atomic E-state index is 12.5. The maximum atomic E-state index is 12.5. The highest BCUT2D eigenvalue weighted by Crippen LogP contribution is 2.43. The van der Waals surface area contributed by atoms with Gasteiger partial charge in [-0.15, -0.1) is 0 Å². The minimum Gasteiger partial charge on any atom is -0.353 e. The standard InChI is InChI=1S/C22H26N2O2/c1-16-8-6-9-18(14-16)21(26)24-17(2)20(25)23-15-22(12-7-13-22)19-10-4-3-5-11-19/h3-6,8-11,14,17H,7,12-13,15H2,1-2H3,(H,23,25)(H,24,26). The van der Waals surface area contributed by atoms with Crippen LogP contribution in [0.15, 0.2) is 54.6 Å². The van der Waals surface area contributed by atoms with Gasteiger partial charge in [0.05, 0.1) is 0 Å². The molecule has 4 nitrogen and oxygen atoms in total. The second-order valence-corrected chi connectivity index (χ2v) is 7.28. The number of carbonyl (C=O) groups is 2. The first-order chi connectivity index (χ1) is 12.5. The highest BCUT2D eigenvalue weighted by Gasteiger charge is 2.38. The number of benzene rings is 2. The Labute approximate surface area is 155 Å². The van der Waals surface area contributed by atoms with Crippen molar-refractivity contribution in [1.29, 1.82) is 0 Å². The van der Waals surface area contributed by atoms with Crippen molar-refractivity contribution in [1.82, 2.24) is 10.6 Å². The second-order valence-electron chi connectivity index (χ2n) is 7.28. The van der Waals surface area contributed by atoms with Gasteiger partial charge in [-0.05, 0) is 44.4 Å². The number of hydrogen-bond acceptors (Lipinski definition) is 2. The van der Waals surface area contributed by atoms with Crippen molar-refractivity contribution in [3.63, 3.8) is 0 Å². The van der Waals surface area contributed by atoms with Crippen LogP contribution in [0.2, 0.25) is 0 Å². The third-order valence-corrected chi connectivity index (χ3v) is 5.32. The van der Waals surface area contributed by atoms with E-state index in [1.165, 1.54) is 12.0 Å². The number of hydrogen-bond donors (Lipinski definition) is 2. The Morgan fingerprint density at radius 2 is 1.81 bits per heavy atom. The third kappa shape index (κ3) is 3.96. The molecule has 0 radical (unpaired) electrons. The molecule has 136 valence electrons. The van der Waals surface area contributed by atoms with E-state index in [1.54, 1.807) is 13.0 Å². The molecular formula is C22H26N2O2. The van der Waals surface area contributed by atoms with E-state index in [0.717, 1.165) is 18.4 Å². The molecule has 1 atom stereocenters. The summed E-state index contributed by atoms with van der Waals surface area (Å²) in [5, 5.41) is 5.82. The summed E-state index contributed by atoms with van der Waals surface area (Å²) < 4.78 is 0. The van der Waals surface area contributed by atoms with Crippen LogP contribution >= 0.6 is 0 Å². The molecule has 0 bridgehead atoms. The van der Waals surface area contributed by atoms with Crippen molar-refractivity contribution in [2.75, 3.05) is 6.54 Å². The Morgan fingerprint density at radius 3 is 2.42 bits per heavy atom. The molecule has 0 spiro atoms. The van der Waals surface area contributed by atoms with Crippen molar-refractivity contribution in [2.24, 2.45) is 0 Å². The molecule has 4 heteroatoms. The monoisotopic (exact) mass is 350 g/mol. The van der Waals surface area contributed by atoms with Crippen molar-refractivity contribution in [3.8, 4) is 0 Å². The molecule has 1 unspecified atom stereocenters. The lowest BCUT2D eigenvalue weighted by molar-refractivity contribution is -0.123. The van der Waals surface area contributed by atoms with Gasteiger partial charge in [-0.3, -0.25) is 9.59 Å². The van der Waals surface area contributed by atoms with Gasteiger partial charge in [-0.25, -0.2) is 0 Å². The Bertz CT molecular complexity index is 782. The SMILES string of the molecule is Cc1cccc(C(=O)NC(C)C(=O)NCC2(c3ccccc3)CCC2)c1. The largest absolute Gasteiger partial charge is 0.353 e. The summed E-state index contributed by atoms with van der Waals surface area (Å²) in [7, 11) is 0. The van der Waals surface area contributed by atoms with E-state index in [4.69, 9.17) is 0 Å². The molecule has 1 aliphatic rings. The molecule has 0 aromatic heterocycles. The normalized spacial score (nSPS) is 16.2. The topological polar surface area (TPSA) is 58.2 Å². The van der Waals surface area contributed by atoms with Crippen LogP contribution in [0.3, 0.4) is 0 Å². The van der Waals surface area contributed by atoms with Crippen molar-refractivity contribution >= 4 is 11.8 Å². The van der Waals surface area contributed by atoms with Crippen LogP contribution < -0.4 is 10.6 Å². The van der Waals surface area contributed by atoms with Gasteiger partial charge < -0.3 is 10.6 Å². The summed E-state index contributed by atoms with van der Waals surface area (Å²) in [6.45, 7) is 4.27. The lowest BCUT2D eigenvalue weighted by Crippen LogP contribution is -2.51. The van der Waals surface area contributed by atoms with Crippen LogP contribution in [0.5, 0.6) is 0 Å². The average molecular weight is 350 g/mol. The van der Waals surface area contributed by atoms with Crippen molar-refractivity contribution in [3.05, 3.63) is 71.3 Å². The molecule has 1 fully saturated rings. The van der Waals surface area contributed by atoms with Crippen LogP contribution in [0, 0.1) is 6.92 Å². The van der Waals surface area contributed by atoms with Crippen molar-refractivity contribution in [2.45, 2.75) is 44.6 Å².